The van der Waals surface area contributed by atoms with Crippen LogP contribution in [0.5, 0.6) is 0 Å². The van der Waals surface area contributed by atoms with E-state index in [1.54, 1.807) is 38.2 Å². The number of hydrogen-bond donors (Lipinski definition) is 1. The summed E-state index contributed by atoms with van der Waals surface area (Å²) in [5.41, 5.74) is 6.17. The molecule has 0 aliphatic carbocycles. The zero-order valence-corrected chi connectivity index (χ0v) is 10.1. The predicted octanol–water partition coefficient (Wildman–Crippen LogP) is 1.37. The van der Waals surface area contributed by atoms with Gasteiger partial charge >= 0.3 is 0 Å². The van der Waals surface area contributed by atoms with E-state index in [0.29, 0.717) is 11.4 Å². The number of nitro benzene ring substituents is 1. The maximum atomic E-state index is 10.9. The average molecular weight is 247 g/mol. The zero-order chi connectivity index (χ0) is 13.3. The Morgan fingerprint density at radius 2 is 2.06 bits per heavy atom. The Hall–Kier alpha value is -2.28. The minimum atomic E-state index is -0.637. The second kappa shape index (κ2) is 4.19. The minimum absolute atomic E-state index is 0.0243. The monoisotopic (exact) mass is 247 g/mol. The molecule has 7 nitrogen and oxygen atoms in total. The van der Waals surface area contributed by atoms with E-state index in [2.05, 4.69) is 10.3 Å². The highest BCUT2D eigenvalue weighted by atomic mass is 16.6. The molecule has 0 aliphatic heterocycles. The third-order valence-corrected chi connectivity index (χ3v) is 2.48. The van der Waals surface area contributed by atoms with Gasteiger partial charge in [0.15, 0.2) is 0 Å². The molecule has 1 aromatic carbocycles. The quantitative estimate of drug-likeness (QED) is 0.652. The van der Waals surface area contributed by atoms with Crippen molar-refractivity contribution in [1.29, 1.82) is 0 Å². The number of benzene rings is 1. The molecule has 0 aliphatic rings. The van der Waals surface area contributed by atoms with E-state index < -0.39 is 10.5 Å². The van der Waals surface area contributed by atoms with Crippen LogP contribution in [0.4, 0.5) is 5.69 Å². The highest BCUT2D eigenvalue weighted by Crippen LogP contribution is 2.22. The Kier molecular flexibility index (Phi) is 2.84. The summed E-state index contributed by atoms with van der Waals surface area (Å²) in [6.45, 7) is 3.58. The fourth-order valence-electron chi connectivity index (χ4n) is 1.49. The van der Waals surface area contributed by atoms with Gasteiger partial charge in [0, 0.05) is 6.07 Å². The van der Waals surface area contributed by atoms with Gasteiger partial charge in [0.05, 0.1) is 16.7 Å². The largest absolute Gasteiger partial charge is 0.320 e. The molecule has 7 heteroatoms. The van der Waals surface area contributed by atoms with E-state index >= 15 is 0 Å². The number of nitro groups is 1. The lowest BCUT2D eigenvalue weighted by Gasteiger charge is -2.13. The second-order valence-corrected chi connectivity index (χ2v) is 4.52. The van der Waals surface area contributed by atoms with E-state index in [4.69, 9.17) is 5.73 Å². The molecule has 0 spiro atoms. The summed E-state index contributed by atoms with van der Waals surface area (Å²) in [5.74, 6) is 0. The smallest absolute Gasteiger partial charge is 0.294 e. The first-order valence-electron chi connectivity index (χ1n) is 5.35. The summed E-state index contributed by atoms with van der Waals surface area (Å²) in [7, 11) is 0. The molecule has 1 aromatic heterocycles. The van der Waals surface area contributed by atoms with Crippen LogP contribution in [0.3, 0.4) is 0 Å². The first kappa shape index (κ1) is 12.2. The standard InChI is InChI=1S/C11H13N5O2/c1-11(2,12)10-7-15(14-13-10)8-5-3-4-6-9(8)16(17)18/h3-7H,12H2,1-2H3. The van der Waals surface area contributed by atoms with Crippen LogP contribution in [0.25, 0.3) is 5.69 Å². The number of para-hydroxylation sites is 2. The fourth-order valence-corrected chi connectivity index (χ4v) is 1.49. The number of hydrogen-bond acceptors (Lipinski definition) is 5. The van der Waals surface area contributed by atoms with E-state index in [-0.39, 0.29) is 5.69 Å². The second-order valence-electron chi connectivity index (χ2n) is 4.52. The lowest BCUT2D eigenvalue weighted by Crippen LogP contribution is -2.29. The van der Waals surface area contributed by atoms with Crippen molar-refractivity contribution in [2.75, 3.05) is 0 Å². The lowest BCUT2D eigenvalue weighted by molar-refractivity contribution is -0.384. The summed E-state index contributed by atoms with van der Waals surface area (Å²) in [6.07, 6.45) is 1.60. The summed E-state index contributed by atoms with van der Waals surface area (Å²) in [5, 5.41) is 18.7. The topological polar surface area (TPSA) is 99.9 Å². The van der Waals surface area contributed by atoms with Gasteiger partial charge in [-0.25, -0.2) is 4.68 Å². The van der Waals surface area contributed by atoms with Crippen molar-refractivity contribution in [2.24, 2.45) is 5.73 Å². The maximum absolute atomic E-state index is 10.9. The van der Waals surface area contributed by atoms with Crippen molar-refractivity contribution in [1.82, 2.24) is 15.0 Å². The first-order chi connectivity index (χ1) is 8.39. The van der Waals surface area contributed by atoms with Crippen LogP contribution in [0.2, 0.25) is 0 Å². The molecule has 2 rings (SSSR count). The molecule has 0 saturated carbocycles. The third-order valence-electron chi connectivity index (χ3n) is 2.48. The van der Waals surface area contributed by atoms with Crippen molar-refractivity contribution < 1.29 is 4.92 Å². The molecule has 0 bridgehead atoms. The van der Waals surface area contributed by atoms with Crippen molar-refractivity contribution >= 4 is 5.69 Å². The number of aromatic nitrogens is 3. The van der Waals surface area contributed by atoms with Crippen molar-refractivity contribution in [3.05, 3.63) is 46.3 Å². The molecule has 94 valence electrons. The first-order valence-corrected chi connectivity index (χ1v) is 5.35. The molecular weight excluding hydrogens is 234 g/mol. The van der Waals surface area contributed by atoms with E-state index in [1.165, 1.54) is 10.7 Å². The van der Waals surface area contributed by atoms with Gasteiger partial charge in [0.25, 0.3) is 5.69 Å². The number of nitrogens with two attached hydrogens (primary N) is 1. The summed E-state index contributed by atoms with van der Waals surface area (Å²) >= 11 is 0. The molecule has 2 aromatic rings. The molecule has 0 radical (unpaired) electrons. The third kappa shape index (κ3) is 2.21. The van der Waals surface area contributed by atoms with Gasteiger partial charge in [0.1, 0.15) is 11.4 Å². The zero-order valence-electron chi connectivity index (χ0n) is 10.1. The van der Waals surface area contributed by atoms with Crippen LogP contribution in [-0.4, -0.2) is 19.9 Å². The fraction of sp³-hybridized carbons (Fsp3) is 0.273. The van der Waals surface area contributed by atoms with Crippen LogP contribution in [0.15, 0.2) is 30.5 Å². The molecule has 2 N–H and O–H groups in total. The van der Waals surface area contributed by atoms with Crippen LogP contribution >= 0.6 is 0 Å². The van der Waals surface area contributed by atoms with E-state index in [1.807, 2.05) is 0 Å². The van der Waals surface area contributed by atoms with Crippen molar-refractivity contribution in [3.8, 4) is 5.69 Å². The summed E-state index contributed by atoms with van der Waals surface area (Å²) in [4.78, 5) is 10.5. The molecular formula is C11H13N5O2. The number of nitrogens with zero attached hydrogens (tertiary/aromatic N) is 4. The van der Waals surface area contributed by atoms with Gasteiger partial charge in [-0.05, 0) is 19.9 Å². The van der Waals surface area contributed by atoms with Crippen LogP contribution in [0.1, 0.15) is 19.5 Å². The van der Waals surface area contributed by atoms with Gasteiger partial charge < -0.3 is 5.73 Å². The highest BCUT2D eigenvalue weighted by molar-refractivity contribution is 5.51. The normalized spacial score (nSPS) is 11.5. The van der Waals surface area contributed by atoms with E-state index in [9.17, 15) is 10.1 Å². The van der Waals surface area contributed by atoms with Crippen LogP contribution in [-0.2, 0) is 5.54 Å². The molecule has 1 heterocycles. The Morgan fingerprint density at radius 3 is 2.61 bits per heavy atom. The molecule has 0 saturated heterocycles. The molecule has 0 unspecified atom stereocenters. The highest BCUT2D eigenvalue weighted by Gasteiger charge is 2.21. The minimum Gasteiger partial charge on any atom is -0.320 e. The van der Waals surface area contributed by atoms with Crippen molar-refractivity contribution in [2.45, 2.75) is 19.4 Å². The van der Waals surface area contributed by atoms with Crippen LogP contribution in [0, 0.1) is 10.1 Å². The predicted molar refractivity (Wildman–Crippen MR) is 65.2 cm³/mol. The van der Waals surface area contributed by atoms with Gasteiger partial charge in [0.2, 0.25) is 0 Å². The molecule has 18 heavy (non-hydrogen) atoms. The summed E-state index contributed by atoms with van der Waals surface area (Å²) < 4.78 is 1.36. The maximum Gasteiger partial charge on any atom is 0.294 e. The molecule has 0 fully saturated rings. The van der Waals surface area contributed by atoms with Gasteiger partial charge in [-0.1, -0.05) is 17.3 Å². The van der Waals surface area contributed by atoms with Gasteiger partial charge in [-0.3, -0.25) is 10.1 Å². The van der Waals surface area contributed by atoms with Gasteiger partial charge in [-0.2, -0.15) is 0 Å². The molecule has 0 amide bonds. The van der Waals surface area contributed by atoms with Gasteiger partial charge in [-0.15, -0.1) is 5.10 Å². The van der Waals surface area contributed by atoms with Crippen LogP contribution < -0.4 is 5.73 Å². The van der Waals surface area contributed by atoms with E-state index in [0.717, 1.165) is 0 Å². The summed E-state index contributed by atoms with van der Waals surface area (Å²) in [6, 6.07) is 6.34. The van der Waals surface area contributed by atoms with Crippen molar-refractivity contribution in [3.63, 3.8) is 0 Å². The Balaban J connectivity index is 2.50. The Labute approximate surface area is 103 Å². The average Bonchev–Trinajstić information content (AvgIpc) is 2.77. The number of rotatable bonds is 3. The molecule has 0 atom stereocenters. The SMILES string of the molecule is CC(C)(N)c1cn(-c2ccccc2[N+](=O)[O-])nn1. The Morgan fingerprint density at radius 1 is 1.39 bits per heavy atom. The lowest BCUT2D eigenvalue weighted by atomic mass is 10.0. The Bertz CT molecular complexity index is 585.